The van der Waals surface area contributed by atoms with Crippen LogP contribution in [-0.4, -0.2) is 42.2 Å². The van der Waals surface area contributed by atoms with Gasteiger partial charge in [0.1, 0.15) is 17.3 Å². The molecule has 1 atom stereocenters. The third kappa shape index (κ3) is 5.00. The Labute approximate surface area is 222 Å². The zero-order valence-corrected chi connectivity index (χ0v) is 21.7. The normalized spacial score (nSPS) is 19.4. The predicted octanol–water partition coefficient (Wildman–Crippen LogP) is 5.19. The number of carbonyl (C=O) groups excluding carboxylic acids is 1. The highest BCUT2D eigenvalue weighted by Crippen LogP contribution is 2.51. The number of benzene rings is 2. The van der Waals surface area contributed by atoms with Gasteiger partial charge in [-0.2, -0.15) is 0 Å². The molecule has 2 saturated heterocycles. The summed E-state index contributed by atoms with van der Waals surface area (Å²) in [4.78, 5) is 22.0. The summed E-state index contributed by atoms with van der Waals surface area (Å²) in [5.74, 6) is 0.516. The van der Waals surface area contributed by atoms with Crippen molar-refractivity contribution >= 4 is 11.5 Å². The van der Waals surface area contributed by atoms with E-state index in [1.54, 1.807) is 12.3 Å². The Morgan fingerprint density at radius 3 is 2.32 bits per heavy atom. The first-order valence-electron chi connectivity index (χ1n) is 13.5. The van der Waals surface area contributed by atoms with Crippen LogP contribution in [0.3, 0.4) is 0 Å². The SMILES string of the molecule is C[C@@H](NC(=O)c1ccnc(C2CCOCC2)n1)c1ccc(C(=C2CC3(CNC3)C2)c2ccc(F)cc2)cc1. The third-order valence-electron chi connectivity index (χ3n) is 8.20. The smallest absolute Gasteiger partial charge is 0.270 e. The minimum atomic E-state index is -0.227. The van der Waals surface area contributed by atoms with E-state index in [2.05, 4.69) is 44.9 Å². The summed E-state index contributed by atoms with van der Waals surface area (Å²) < 4.78 is 19.1. The monoisotopic (exact) mass is 512 g/mol. The molecule has 1 amide bonds. The van der Waals surface area contributed by atoms with Crippen molar-refractivity contribution in [2.24, 2.45) is 5.41 Å². The molecule has 3 fully saturated rings. The maximum absolute atomic E-state index is 13.6. The van der Waals surface area contributed by atoms with Crippen LogP contribution >= 0.6 is 0 Å². The molecule has 6 nitrogen and oxygen atoms in total. The maximum Gasteiger partial charge on any atom is 0.270 e. The van der Waals surface area contributed by atoms with Gasteiger partial charge in [-0.15, -0.1) is 0 Å². The first-order valence-corrected chi connectivity index (χ1v) is 13.5. The number of aromatic nitrogens is 2. The first-order chi connectivity index (χ1) is 18.5. The average Bonchev–Trinajstić information content (AvgIpc) is 2.91. The van der Waals surface area contributed by atoms with Crippen LogP contribution in [0.2, 0.25) is 0 Å². The van der Waals surface area contributed by atoms with Crippen LogP contribution in [-0.2, 0) is 4.74 Å². The molecule has 2 aliphatic heterocycles. The number of amides is 1. The zero-order valence-electron chi connectivity index (χ0n) is 21.7. The lowest BCUT2D eigenvalue weighted by molar-refractivity contribution is 0.0833. The third-order valence-corrected chi connectivity index (χ3v) is 8.20. The van der Waals surface area contributed by atoms with E-state index < -0.39 is 0 Å². The molecule has 1 spiro atoms. The van der Waals surface area contributed by atoms with Gasteiger partial charge in [0.2, 0.25) is 0 Å². The van der Waals surface area contributed by atoms with Gasteiger partial charge in [-0.05, 0) is 73.1 Å². The number of halogens is 1. The van der Waals surface area contributed by atoms with Gasteiger partial charge in [0.05, 0.1) is 6.04 Å². The largest absolute Gasteiger partial charge is 0.381 e. The Kier molecular flexibility index (Phi) is 6.80. The van der Waals surface area contributed by atoms with Gasteiger partial charge in [0, 0.05) is 43.8 Å². The lowest BCUT2D eigenvalue weighted by Crippen LogP contribution is -2.58. The van der Waals surface area contributed by atoms with Gasteiger partial charge in [-0.25, -0.2) is 14.4 Å². The second-order valence-electron chi connectivity index (χ2n) is 10.9. The van der Waals surface area contributed by atoms with Crippen molar-refractivity contribution in [3.8, 4) is 0 Å². The Bertz CT molecular complexity index is 1330. The fourth-order valence-electron chi connectivity index (χ4n) is 5.90. The highest BCUT2D eigenvalue weighted by atomic mass is 19.1. The van der Waals surface area contributed by atoms with Crippen molar-refractivity contribution in [3.63, 3.8) is 0 Å². The summed E-state index contributed by atoms with van der Waals surface area (Å²) in [6, 6.07) is 16.6. The number of carbonyl (C=O) groups is 1. The number of ether oxygens (including phenoxy) is 1. The molecule has 196 valence electrons. The van der Waals surface area contributed by atoms with Gasteiger partial charge < -0.3 is 15.4 Å². The van der Waals surface area contributed by atoms with E-state index in [0.29, 0.717) is 24.3 Å². The van der Waals surface area contributed by atoms with Gasteiger partial charge >= 0.3 is 0 Å². The second kappa shape index (κ2) is 10.4. The first kappa shape index (κ1) is 24.9. The quantitative estimate of drug-likeness (QED) is 0.476. The van der Waals surface area contributed by atoms with Crippen LogP contribution < -0.4 is 10.6 Å². The van der Waals surface area contributed by atoms with E-state index in [9.17, 15) is 9.18 Å². The summed E-state index contributed by atoms with van der Waals surface area (Å²) >= 11 is 0. The number of allylic oxidation sites excluding steroid dienone is 1. The topological polar surface area (TPSA) is 76.1 Å². The van der Waals surface area contributed by atoms with E-state index in [0.717, 1.165) is 61.3 Å². The average molecular weight is 513 g/mol. The molecule has 6 rings (SSSR count). The van der Waals surface area contributed by atoms with Crippen LogP contribution in [0, 0.1) is 11.2 Å². The molecule has 2 aromatic carbocycles. The van der Waals surface area contributed by atoms with Crippen molar-refractivity contribution < 1.29 is 13.9 Å². The van der Waals surface area contributed by atoms with Crippen LogP contribution in [0.4, 0.5) is 4.39 Å². The number of hydrogen-bond donors (Lipinski definition) is 2. The minimum Gasteiger partial charge on any atom is -0.381 e. The number of nitrogens with one attached hydrogen (secondary N) is 2. The highest BCUT2D eigenvalue weighted by molar-refractivity contribution is 5.92. The van der Waals surface area contributed by atoms with Crippen LogP contribution in [0.15, 0.2) is 66.4 Å². The molecule has 1 aromatic heterocycles. The van der Waals surface area contributed by atoms with Crippen molar-refractivity contribution in [2.75, 3.05) is 26.3 Å². The Morgan fingerprint density at radius 2 is 1.68 bits per heavy atom. The van der Waals surface area contributed by atoms with Crippen LogP contribution in [0.5, 0.6) is 0 Å². The minimum absolute atomic E-state index is 0.187. The molecule has 1 saturated carbocycles. The molecule has 1 aliphatic carbocycles. The van der Waals surface area contributed by atoms with Gasteiger partial charge in [-0.3, -0.25) is 4.79 Å². The molecule has 3 aliphatic rings. The van der Waals surface area contributed by atoms with Gasteiger partial charge in [0.15, 0.2) is 0 Å². The Balaban J connectivity index is 1.18. The second-order valence-corrected chi connectivity index (χ2v) is 10.9. The predicted molar refractivity (Wildman–Crippen MR) is 144 cm³/mol. The molecule has 0 unspecified atom stereocenters. The van der Waals surface area contributed by atoms with Crippen molar-refractivity contribution in [1.29, 1.82) is 0 Å². The van der Waals surface area contributed by atoms with Crippen LogP contribution in [0.25, 0.3) is 5.57 Å². The highest BCUT2D eigenvalue weighted by Gasteiger charge is 2.46. The summed E-state index contributed by atoms with van der Waals surface area (Å²) in [5, 5.41) is 6.48. The molecule has 2 N–H and O–H groups in total. The zero-order chi connectivity index (χ0) is 26.1. The number of hydrogen-bond acceptors (Lipinski definition) is 5. The molecule has 0 bridgehead atoms. The van der Waals surface area contributed by atoms with E-state index in [1.165, 1.54) is 23.3 Å². The van der Waals surface area contributed by atoms with Crippen molar-refractivity contribution in [1.82, 2.24) is 20.6 Å². The number of nitrogens with zero attached hydrogens (tertiary/aromatic N) is 2. The molecule has 3 heterocycles. The van der Waals surface area contributed by atoms with E-state index in [1.807, 2.05) is 19.1 Å². The molecule has 0 radical (unpaired) electrons. The molecular formula is C31H33FN4O2. The lowest BCUT2D eigenvalue weighted by atomic mass is 9.60. The fraction of sp³-hybridized carbons (Fsp3) is 0.387. The standard InChI is InChI=1S/C31H33FN4O2/c1-20(35-30(37)27-10-13-34-29(36-27)24-11-14-38-15-12-24)21-2-4-22(5-3-21)28(23-6-8-26(32)9-7-23)25-16-31(17-25)18-33-19-31/h2-10,13,20,24,33H,11-12,14-19H2,1H3,(H,35,37)/t20-/m1/s1. The van der Waals surface area contributed by atoms with Gasteiger partial charge in [-0.1, -0.05) is 42.0 Å². The van der Waals surface area contributed by atoms with Crippen molar-refractivity contribution in [2.45, 2.75) is 44.6 Å². The Hall–Kier alpha value is -3.42. The molecule has 38 heavy (non-hydrogen) atoms. The lowest BCUT2D eigenvalue weighted by Gasteiger charge is -2.52. The molecule has 7 heteroatoms. The van der Waals surface area contributed by atoms with E-state index >= 15 is 0 Å². The van der Waals surface area contributed by atoms with Crippen molar-refractivity contribution in [3.05, 3.63) is 100 Å². The number of rotatable bonds is 6. The summed E-state index contributed by atoms with van der Waals surface area (Å²) in [6.45, 7) is 5.54. The Morgan fingerprint density at radius 1 is 1.03 bits per heavy atom. The van der Waals surface area contributed by atoms with Gasteiger partial charge in [0.25, 0.3) is 5.91 Å². The fourth-order valence-corrected chi connectivity index (χ4v) is 5.90. The van der Waals surface area contributed by atoms with E-state index in [4.69, 9.17) is 4.74 Å². The summed E-state index contributed by atoms with van der Waals surface area (Å²) in [6.07, 6.45) is 5.58. The van der Waals surface area contributed by atoms with Crippen LogP contribution in [0.1, 0.15) is 77.6 Å². The molecule has 3 aromatic rings. The van der Waals surface area contributed by atoms with E-state index in [-0.39, 0.29) is 23.7 Å². The summed E-state index contributed by atoms with van der Waals surface area (Å²) in [7, 11) is 0. The molecular weight excluding hydrogens is 479 g/mol. The summed E-state index contributed by atoms with van der Waals surface area (Å²) in [5.41, 5.74) is 6.60. The maximum atomic E-state index is 13.6.